The van der Waals surface area contributed by atoms with Crippen molar-refractivity contribution in [3.05, 3.63) is 35.3 Å². The van der Waals surface area contributed by atoms with Gasteiger partial charge in [-0.2, -0.15) is 0 Å². The van der Waals surface area contributed by atoms with Gasteiger partial charge in [0, 0.05) is 17.7 Å². The van der Waals surface area contributed by atoms with Gasteiger partial charge in [-0.15, -0.1) is 11.3 Å². The van der Waals surface area contributed by atoms with Crippen molar-refractivity contribution >= 4 is 28.1 Å². The molecule has 0 radical (unpaired) electrons. The summed E-state index contributed by atoms with van der Waals surface area (Å²) in [5.74, 6) is 0.397. The Morgan fingerprint density at radius 1 is 1.41 bits per heavy atom. The highest BCUT2D eigenvalue weighted by molar-refractivity contribution is 7.13. The van der Waals surface area contributed by atoms with Crippen molar-refractivity contribution < 1.29 is 23.7 Å². The van der Waals surface area contributed by atoms with Crippen LogP contribution < -0.4 is 10.1 Å². The minimum Gasteiger partial charge on any atom is -0.497 e. The van der Waals surface area contributed by atoms with Crippen molar-refractivity contribution in [3.63, 3.8) is 0 Å². The van der Waals surface area contributed by atoms with Gasteiger partial charge in [-0.25, -0.2) is 9.78 Å². The smallest absolute Gasteiger partial charge is 0.335 e. The van der Waals surface area contributed by atoms with E-state index >= 15 is 0 Å². The van der Waals surface area contributed by atoms with E-state index in [0.29, 0.717) is 12.3 Å². The molecule has 1 aromatic carbocycles. The van der Waals surface area contributed by atoms with E-state index in [1.165, 1.54) is 11.3 Å². The standard InChI is InChI=1S/C19H24N2O5S/c1-13(25-11-17-4-3-9-24-17)18(22)26-10-15-12-27-19(21-15)20-14-5-7-16(23-2)8-6-14/h5-8,12-13,17H,3-4,9-11H2,1-2H3,(H,20,21). The summed E-state index contributed by atoms with van der Waals surface area (Å²) < 4.78 is 21.4. The number of methoxy groups -OCH3 is 1. The molecule has 1 aliphatic rings. The molecule has 1 aromatic heterocycles. The largest absolute Gasteiger partial charge is 0.497 e. The van der Waals surface area contributed by atoms with Crippen LogP contribution in [0.2, 0.25) is 0 Å². The fourth-order valence-electron chi connectivity index (χ4n) is 2.59. The van der Waals surface area contributed by atoms with E-state index in [4.69, 9.17) is 18.9 Å². The third kappa shape index (κ3) is 5.92. The molecule has 3 rings (SSSR count). The number of rotatable bonds is 9. The normalized spacial score (nSPS) is 17.5. The van der Waals surface area contributed by atoms with E-state index in [1.54, 1.807) is 14.0 Å². The number of thiazole rings is 1. The van der Waals surface area contributed by atoms with Crippen molar-refractivity contribution in [2.75, 3.05) is 25.6 Å². The van der Waals surface area contributed by atoms with Crippen LogP contribution in [0.15, 0.2) is 29.6 Å². The Morgan fingerprint density at radius 3 is 2.93 bits per heavy atom. The molecule has 0 spiro atoms. The molecular formula is C19H24N2O5S. The second kappa shape index (κ2) is 9.68. The van der Waals surface area contributed by atoms with Gasteiger partial charge >= 0.3 is 5.97 Å². The summed E-state index contributed by atoms with van der Waals surface area (Å²) in [7, 11) is 1.63. The minimum atomic E-state index is -0.621. The maximum absolute atomic E-state index is 12.0. The second-order valence-electron chi connectivity index (χ2n) is 6.22. The first-order valence-electron chi connectivity index (χ1n) is 8.89. The number of aromatic nitrogens is 1. The first kappa shape index (κ1) is 19.6. The third-order valence-corrected chi connectivity index (χ3v) is 4.95. The Hall–Kier alpha value is -2.16. The van der Waals surface area contributed by atoms with Gasteiger partial charge in [-0.3, -0.25) is 0 Å². The molecule has 27 heavy (non-hydrogen) atoms. The predicted octanol–water partition coefficient (Wildman–Crippen LogP) is 3.52. The van der Waals surface area contributed by atoms with Crippen LogP contribution >= 0.6 is 11.3 Å². The molecule has 146 valence electrons. The third-order valence-electron chi connectivity index (χ3n) is 4.14. The molecule has 1 N–H and O–H groups in total. The van der Waals surface area contributed by atoms with Crippen molar-refractivity contribution in [2.24, 2.45) is 0 Å². The molecule has 0 bridgehead atoms. The van der Waals surface area contributed by atoms with Gasteiger partial charge in [0.05, 0.1) is 25.5 Å². The lowest BCUT2D eigenvalue weighted by Crippen LogP contribution is -2.27. The van der Waals surface area contributed by atoms with Crippen LogP contribution in [0.1, 0.15) is 25.5 Å². The fraction of sp³-hybridized carbons (Fsp3) is 0.474. The zero-order valence-electron chi connectivity index (χ0n) is 15.5. The summed E-state index contributed by atoms with van der Waals surface area (Å²) in [6.07, 6.45) is 1.49. The molecule has 0 saturated carbocycles. The Morgan fingerprint density at radius 2 is 2.22 bits per heavy atom. The zero-order valence-corrected chi connectivity index (χ0v) is 16.3. The van der Waals surface area contributed by atoms with Crippen LogP contribution in [0.5, 0.6) is 5.75 Å². The van der Waals surface area contributed by atoms with Gasteiger partial charge in [-0.1, -0.05) is 0 Å². The maximum Gasteiger partial charge on any atom is 0.335 e. The number of carbonyl (C=O) groups is 1. The predicted molar refractivity (Wildman–Crippen MR) is 103 cm³/mol. The Kier molecular flexibility index (Phi) is 7.03. The molecule has 2 unspecified atom stereocenters. The minimum absolute atomic E-state index is 0.0883. The van der Waals surface area contributed by atoms with E-state index in [-0.39, 0.29) is 12.7 Å². The van der Waals surface area contributed by atoms with Crippen LogP contribution in [-0.4, -0.2) is 43.5 Å². The molecule has 0 amide bonds. The quantitative estimate of drug-likeness (QED) is 0.654. The fourth-order valence-corrected chi connectivity index (χ4v) is 3.30. The first-order chi connectivity index (χ1) is 13.1. The molecule has 0 aliphatic carbocycles. The Balaban J connectivity index is 1.42. The highest BCUT2D eigenvalue weighted by Gasteiger charge is 2.21. The van der Waals surface area contributed by atoms with Crippen LogP contribution in [0.3, 0.4) is 0 Å². The monoisotopic (exact) mass is 392 g/mol. The number of hydrogen-bond donors (Lipinski definition) is 1. The number of anilines is 2. The topological polar surface area (TPSA) is 78.9 Å². The van der Waals surface area contributed by atoms with Gasteiger partial charge in [0.25, 0.3) is 0 Å². The molecule has 1 aliphatic heterocycles. The number of nitrogens with zero attached hydrogens (tertiary/aromatic N) is 1. The summed E-state index contributed by atoms with van der Waals surface area (Å²) in [5.41, 5.74) is 1.60. The van der Waals surface area contributed by atoms with Crippen molar-refractivity contribution in [3.8, 4) is 5.75 Å². The second-order valence-corrected chi connectivity index (χ2v) is 7.07. The average molecular weight is 392 g/mol. The summed E-state index contributed by atoms with van der Waals surface area (Å²) in [5, 5.41) is 5.80. The molecular weight excluding hydrogens is 368 g/mol. The number of hydrogen-bond acceptors (Lipinski definition) is 8. The zero-order chi connectivity index (χ0) is 19.1. The van der Waals surface area contributed by atoms with Gasteiger partial charge in [-0.05, 0) is 44.0 Å². The highest BCUT2D eigenvalue weighted by Crippen LogP contribution is 2.23. The van der Waals surface area contributed by atoms with E-state index in [0.717, 1.165) is 36.0 Å². The maximum atomic E-state index is 12.0. The lowest BCUT2D eigenvalue weighted by molar-refractivity contribution is -0.159. The van der Waals surface area contributed by atoms with Gasteiger partial charge in [0.15, 0.2) is 11.2 Å². The lowest BCUT2D eigenvalue weighted by Gasteiger charge is -2.15. The van der Waals surface area contributed by atoms with Crippen LogP contribution in [0.25, 0.3) is 0 Å². The average Bonchev–Trinajstić information content (AvgIpc) is 3.36. The van der Waals surface area contributed by atoms with Gasteiger partial charge in [0.1, 0.15) is 12.4 Å². The Labute approximate surface area is 162 Å². The summed E-state index contributed by atoms with van der Waals surface area (Å²) in [6.45, 7) is 2.99. The lowest BCUT2D eigenvalue weighted by atomic mass is 10.2. The molecule has 7 nitrogen and oxygen atoms in total. The molecule has 2 heterocycles. The van der Waals surface area contributed by atoms with Gasteiger partial charge < -0.3 is 24.3 Å². The number of esters is 1. The van der Waals surface area contributed by atoms with E-state index < -0.39 is 12.1 Å². The van der Waals surface area contributed by atoms with E-state index in [1.807, 2.05) is 29.6 Å². The number of nitrogens with one attached hydrogen (secondary N) is 1. The summed E-state index contributed by atoms with van der Waals surface area (Å²) >= 11 is 1.45. The number of carbonyl (C=O) groups excluding carboxylic acids is 1. The van der Waals surface area contributed by atoms with Crippen LogP contribution in [0, 0.1) is 0 Å². The first-order valence-corrected chi connectivity index (χ1v) is 9.77. The molecule has 8 heteroatoms. The Bertz CT molecular complexity index is 728. The number of benzene rings is 1. The SMILES string of the molecule is COc1ccc(Nc2nc(COC(=O)C(C)OCC3CCCO3)cs2)cc1. The van der Waals surface area contributed by atoms with Crippen LogP contribution in [0.4, 0.5) is 10.8 Å². The van der Waals surface area contributed by atoms with E-state index in [9.17, 15) is 4.79 Å². The van der Waals surface area contributed by atoms with E-state index in [2.05, 4.69) is 10.3 Å². The molecule has 1 saturated heterocycles. The van der Waals surface area contributed by atoms with Crippen molar-refractivity contribution in [2.45, 2.75) is 38.6 Å². The molecule has 2 atom stereocenters. The molecule has 1 fully saturated rings. The molecule has 2 aromatic rings. The van der Waals surface area contributed by atoms with Crippen molar-refractivity contribution in [1.82, 2.24) is 4.98 Å². The van der Waals surface area contributed by atoms with Gasteiger partial charge in [0.2, 0.25) is 0 Å². The number of ether oxygens (including phenoxy) is 4. The summed E-state index contributed by atoms with van der Waals surface area (Å²) in [6, 6.07) is 7.56. The summed E-state index contributed by atoms with van der Waals surface area (Å²) in [4.78, 5) is 16.5. The van der Waals surface area contributed by atoms with Crippen LogP contribution in [-0.2, 0) is 25.6 Å². The van der Waals surface area contributed by atoms with Crippen molar-refractivity contribution in [1.29, 1.82) is 0 Å². The highest BCUT2D eigenvalue weighted by atomic mass is 32.1.